The van der Waals surface area contributed by atoms with Crippen molar-refractivity contribution in [2.45, 2.75) is 46.1 Å². The maximum absolute atomic E-state index is 5.59. The molecule has 0 spiro atoms. The molecular formula is C17H35IN4O. The summed E-state index contributed by atoms with van der Waals surface area (Å²) in [5.41, 5.74) is 0.132. The summed E-state index contributed by atoms with van der Waals surface area (Å²) < 4.78 is 5.59. The zero-order valence-corrected chi connectivity index (χ0v) is 17.6. The van der Waals surface area contributed by atoms with Crippen molar-refractivity contribution in [3.63, 3.8) is 0 Å². The highest BCUT2D eigenvalue weighted by Gasteiger charge is 2.29. The van der Waals surface area contributed by atoms with Crippen LogP contribution in [-0.4, -0.2) is 73.8 Å². The SMILES string of the molecule is CCNC(=NCCN1CCOCC1(C)C)N1CCC(C)CC1.I. The van der Waals surface area contributed by atoms with Crippen LogP contribution < -0.4 is 5.32 Å². The normalized spacial score (nSPS) is 23.5. The lowest BCUT2D eigenvalue weighted by molar-refractivity contribution is -0.0491. The zero-order valence-electron chi connectivity index (χ0n) is 15.3. The van der Waals surface area contributed by atoms with E-state index in [1.807, 2.05) is 0 Å². The summed E-state index contributed by atoms with van der Waals surface area (Å²) in [5.74, 6) is 1.95. The highest BCUT2D eigenvalue weighted by molar-refractivity contribution is 14.0. The molecule has 2 saturated heterocycles. The van der Waals surface area contributed by atoms with Crippen LogP contribution in [0, 0.1) is 5.92 Å². The van der Waals surface area contributed by atoms with Gasteiger partial charge in [-0.05, 0) is 39.5 Å². The van der Waals surface area contributed by atoms with Gasteiger partial charge in [0.15, 0.2) is 5.96 Å². The smallest absolute Gasteiger partial charge is 0.193 e. The summed E-state index contributed by atoms with van der Waals surface area (Å²) in [7, 11) is 0. The molecular weight excluding hydrogens is 403 g/mol. The Bertz CT molecular complexity index is 368. The van der Waals surface area contributed by atoms with E-state index in [1.165, 1.54) is 12.8 Å². The second-order valence-corrected chi connectivity index (χ2v) is 7.26. The fraction of sp³-hybridized carbons (Fsp3) is 0.941. The monoisotopic (exact) mass is 438 g/mol. The lowest BCUT2D eigenvalue weighted by Crippen LogP contribution is -2.53. The Morgan fingerprint density at radius 1 is 1.26 bits per heavy atom. The minimum absolute atomic E-state index is 0. The number of ether oxygens (including phenoxy) is 1. The standard InChI is InChI=1S/C17H34N4O.HI/c1-5-18-16(20-9-6-15(2)7-10-20)19-8-11-21-12-13-22-14-17(21,3)4;/h15H,5-14H2,1-4H3,(H,18,19);1H. The Labute approximate surface area is 159 Å². The molecule has 2 heterocycles. The fourth-order valence-corrected chi connectivity index (χ4v) is 3.23. The number of rotatable bonds is 4. The van der Waals surface area contributed by atoms with Crippen LogP contribution in [0.1, 0.15) is 40.5 Å². The summed E-state index contributed by atoms with van der Waals surface area (Å²) in [4.78, 5) is 9.80. The molecule has 1 N–H and O–H groups in total. The number of hydrogen-bond donors (Lipinski definition) is 1. The van der Waals surface area contributed by atoms with Gasteiger partial charge in [0.25, 0.3) is 0 Å². The molecule has 2 fully saturated rings. The van der Waals surface area contributed by atoms with Crippen LogP contribution >= 0.6 is 24.0 Å². The number of guanidine groups is 1. The van der Waals surface area contributed by atoms with Gasteiger partial charge in [0.1, 0.15) is 0 Å². The molecule has 0 aliphatic carbocycles. The molecule has 2 aliphatic heterocycles. The van der Waals surface area contributed by atoms with Crippen molar-refractivity contribution in [3.05, 3.63) is 0 Å². The number of aliphatic imine (C=N–C) groups is 1. The molecule has 23 heavy (non-hydrogen) atoms. The van der Waals surface area contributed by atoms with Crippen LogP contribution in [0.25, 0.3) is 0 Å². The molecule has 0 amide bonds. The predicted octanol–water partition coefficient (Wildman–Crippen LogP) is 2.41. The van der Waals surface area contributed by atoms with E-state index in [-0.39, 0.29) is 29.5 Å². The van der Waals surface area contributed by atoms with Crippen molar-refractivity contribution >= 4 is 29.9 Å². The third-order valence-corrected chi connectivity index (χ3v) is 4.87. The molecule has 2 rings (SSSR count). The number of likely N-dealkylation sites (tertiary alicyclic amines) is 1. The van der Waals surface area contributed by atoms with Crippen LogP contribution in [0.15, 0.2) is 4.99 Å². The molecule has 0 unspecified atom stereocenters. The number of halogens is 1. The molecule has 0 bridgehead atoms. The van der Waals surface area contributed by atoms with Gasteiger partial charge in [-0.3, -0.25) is 9.89 Å². The first kappa shape index (κ1) is 21.0. The lowest BCUT2D eigenvalue weighted by Gasteiger charge is -2.42. The van der Waals surface area contributed by atoms with E-state index in [0.29, 0.717) is 0 Å². The Kier molecular flexibility index (Phi) is 9.15. The van der Waals surface area contributed by atoms with E-state index < -0.39 is 0 Å². The Balaban J connectivity index is 0.00000264. The second-order valence-electron chi connectivity index (χ2n) is 7.26. The molecule has 0 aromatic carbocycles. The van der Waals surface area contributed by atoms with Crippen molar-refractivity contribution in [1.29, 1.82) is 0 Å². The van der Waals surface area contributed by atoms with E-state index in [1.54, 1.807) is 0 Å². The minimum atomic E-state index is 0. The van der Waals surface area contributed by atoms with Gasteiger partial charge >= 0.3 is 0 Å². The largest absolute Gasteiger partial charge is 0.378 e. The van der Waals surface area contributed by atoms with Gasteiger partial charge in [0.2, 0.25) is 0 Å². The first-order valence-corrected chi connectivity index (χ1v) is 8.89. The summed E-state index contributed by atoms with van der Waals surface area (Å²) in [6, 6.07) is 0. The van der Waals surface area contributed by atoms with Crippen LogP contribution in [0.3, 0.4) is 0 Å². The molecule has 0 radical (unpaired) electrons. The van der Waals surface area contributed by atoms with Gasteiger partial charge in [0, 0.05) is 38.3 Å². The Morgan fingerprint density at radius 3 is 2.57 bits per heavy atom. The van der Waals surface area contributed by atoms with E-state index >= 15 is 0 Å². The Morgan fingerprint density at radius 2 is 1.96 bits per heavy atom. The highest BCUT2D eigenvalue weighted by Crippen LogP contribution is 2.18. The van der Waals surface area contributed by atoms with E-state index in [9.17, 15) is 0 Å². The summed E-state index contributed by atoms with van der Waals surface area (Å²) in [6.45, 7) is 16.8. The first-order chi connectivity index (χ1) is 10.5. The van der Waals surface area contributed by atoms with Crippen LogP contribution in [0.5, 0.6) is 0 Å². The highest BCUT2D eigenvalue weighted by atomic mass is 127. The number of nitrogens with one attached hydrogen (secondary N) is 1. The topological polar surface area (TPSA) is 40.1 Å². The van der Waals surface area contributed by atoms with Gasteiger partial charge in [-0.25, -0.2) is 0 Å². The fourth-order valence-electron chi connectivity index (χ4n) is 3.23. The van der Waals surface area contributed by atoms with E-state index in [4.69, 9.17) is 9.73 Å². The van der Waals surface area contributed by atoms with Crippen LogP contribution in [-0.2, 0) is 4.74 Å². The summed E-state index contributed by atoms with van der Waals surface area (Å²) >= 11 is 0. The summed E-state index contributed by atoms with van der Waals surface area (Å²) in [5, 5.41) is 3.46. The molecule has 5 nitrogen and oxygen atoms in total. The third kappa shape index (κ3) is 6.38. The molecule has 0 aromatic rings. The van der Waals surface area contributed by atoms with Gasteiger partial charge in [-0.15, -0.1) is 24.0 Å². The maximum atomic E-state index is 5.59. The van der Waals surface area contributed by atoms with Gasteiger partial charge < -0.3 is 15.0 Å². The zero-order chi connectivity index (χ0) is 16.0. The second kappa shape index (κ2) is 10.0. The quantitative estimate of drug-likeness (QED) is 0.416. The number of piperidine rings is 1. The van der Waals surface area contributed by atoms with E-state index in [0.717, 1.165) is 64.4 Å². The van der Waals surface area contributed by atoms with E-state index in [2.05, 4.69) is 42.8 Å². The van der Waals surface area contributed by atoms with Crippen LogP contribution in [0.2, 0.25) is 0 Å². The number of morpholine rings is 1. The molecule has 0 aromatic heterocycles. The Hall–Kier alpha value is -0.0800. The third-order valence-electron chi connectivity index (χ3n) is 4.87. The van der Waals surface area contributed by atoms with Crippen LogP contribution in [0.4, 0.5) is 0 Å². The maximum Gasteiger partial charge on any atom is 0.193 e. The van der Waals surface area contributed by atoms with Gasteiger partial charge in [0.05, 0.1) is 19.8 Å². The van der Waals surface area contributed by atoms with Crippen molar-refractivity contribution in [1.82, 2.24) is 15.1 Å². The van der Waals surface area contributed by atoms with Crippen molar-refractivity contribution < 1.29 is 4.74 Å². The summed E-state index contributed by atoms with van der Waals surface area (Å²) in [6.07, 6.45) is 2.56. The molecule has 6 heteroatoms. The molecule has 2 aliphatic rings. The van der Waals surface area contributed by atoms with Crippen molar-refractivity contribution in [3.8, 4) is 0 Å². The molecule has 0 atom stereocenters. The number of nitrogens with zero attached hydrogens (tertiary/aromatic N) is 3. The molecule has 136 valence electrons. The average molecular weight is 438 g/mol. The number of hydrogen-bond acceptors (Lipinski definition) is 3. The van der Waals surface area contributed by atoms with Gasteiger partial charge in [-0.1, -0.05) is 6.92 Å². The average Bonchev–Trinajstić information content (AvgIpc) is 2.49. The minimum Gasteiger partial charge on any atom is -0.378 e. The van der Waals surface area contributed by atoms with Crippen molar-refractivity contribution in [2.75, 3.05) is 52.5 Å². The molecule has 0 saturated carbocycles. The van der Waals surface area contributed by atoms with Gasteiger partial charge in [-0.2, -0.15) is 0 Å². The lowest BCUT2D eigenvalue weighted by atomic mass is 10.00. The van der Waals surface area contributed by atoms with Crippen molar-refractivity contribution in [2.24, 2.45) is 10.9 Å². The first-order valence-electron chi connectivity index (χ1n) is 8.89. The predicted molar refractivity (Wildman–Crippen MR) is 108 cm³/mol.